The smallest absolute Gasteiger partial charge is 0.266 e. The third-order valence-corrected chi connectivity index (χ3v) is 1.86. The van der Waals surface area contributed by atoms with E-state index in [4.69, 9.17) is 4.42 Å². The zero-order chi connectivity index (χ0) is 10.1. The van der Waals surface area contributed by atoms with E-state index in [9.17, 15) is 0 Å². The molecule has 0 N–H and O–H groups in total. The first-order valence-corrected chi connectivity index (χ1v) is 4.46. The molecule has 0 unspecified atom stereocenters. The Kier molecular flexibility index (Phi) is 2.04. The van der Waals surface area contributed by atoms with Gasteiger partial charge in [-0.05, 0) is 6.08 Å². The molecule has 14 heavy (non-hydrogen) atoms. The van der Waals surface area contributed by atoms with Crippen molar-refractivity contribution in [3.63, 3.8) is 0 Å². The number of fused-ring (bicyclic) bond motifs is 1. The number of nitrogens with zero attached hydrogens (tertiary/aromatic N) is 3. The lowest BCUT2D eigenvalue weighted by Crippen LogP contribution is -1.86. The van der Waals surface area contributed by atoms with Crippen molar-refractivity contribution in [3.05, 3.63) is 24.4 Å². The molecule has 4 nitrogen and oxygen atoms in total. The maximum absolute atomic E-state index is 5.41. The number of aromatic nitrogens is 3. The largest absolute Gasteiger partial charge is 0.421 e. The van der Waals surface area contributed by atoms with Crippen LogP contribution in [0, 0.1) is 0 Å². The molecule has 0 aliphatic rings. The predicted octanol–water partition coefficient (Wildman–Crippen LogP) is 2.38. The minimum absolute atomic E-state index is 0.248. The summed E-state index contributed by atoms with van der Waals surface area (Å²) in [7, 11) is 0. The molecule has 0 atom stereocenters. The minimum atomic E-state index is 0.248. The van der Waals surface area contributed by atoms with E-state index in [0.717, 1.165) is 0 Å². The third-order valence-electron chi connectivity index (χ3n) is 1.86. The molecular weight excluding hydrogens is 178 g/mol. The van der Waals surface area contributed by atoms with Crippen molar-refractivity contribution in [2.75, 3.05) is 0 Å². The zero-order valence-electron chi connectivity index (χ0n) is 8.19. The molecule has 72 valence electrons. The van der Waals surface area contributed by atoms with Gasteiger partial charge in [0, 0.05) is 5.92 Å². The van der Waals surface area contributed by atoms with Crippen molar-refractivity contribution in [1.29, 1.82) is 0 Å². The number of hydrogen-bond acceptors (Lipinski definition) is 4. The SMILES string of the molecule is C=Cc1cnc2oc(C(C)C)nc2n1. The van der Waals surface area contributed by atoms with Crippen LogP contribution >= 0.6 is 0 Å². The Labute approximate surface area is 81.7 Å². The van der Waals surface area contributed by atoms with E-state index in [1.807, 2.05) is 13.8 Å². The molecule has 0 aliphatic heterocycles. The van der Waals surface area contributed by atoms with Crippen LogP contribution in [0.15, 0.2) is 17.2 Å². The molecule has 0 spiro atoms. The van der Waals surface area contributed by atoms with Crippen LogP contribution in [-0.2, 0) is 0 Å². The topological polar surface area (TPSA) is 51.8 Å². The summed E-state index contributed by atoms with van der Waals surface area (Å²) in [6.07, 6.45) is 3.25. The normalized spacial score (nSPS) is 11.1. The van der Waals surface area contributed by atoms with E-state index in [0.29, 0.717) is 22.9 Å². The monoisotopic (exact) mass is 189 g/mol. The molecule has 2 aromatic heterocycles. The van der Waals surface area contributed by atoms with Crippen molar-refractivity contribution < 1.29 is 4.42 Å². The van der Waals surface area contributed by atoms with Gasteiger partial charge in [0.05, 0.1) is 11.9 Å². The number of hydrogen-bond donors (Lipinski definition) is 0. The Balaban J connectivity index is 2.59. The highest BCUT2D eigenvalue weighted by molar-refractivity contribution is 5.64. The summed E-state index contributed by atoms with van der Waals surface area (Å²) in [4.78, 5) is 12.5. The van der Waals surface area contributed by atoms with E-state index in [2.05, 4.69) is 21.5 Å². The molecule has 0 saturated carbocycles. The predicted molar refractivity (Wildman–Crippen MR) is 53.8 cm³/mol. The van der Waals surface area contributed by atoms with Gasteiger partial charge in [-0.3, -0.25) is 0 Å². The van der Waals surface area contributed by atoms with Crippen LogP contribution in [-0.4, -0.2) is 15.0 Å². The molecule has 0 radical (unpaired) electrons. The molecule has 2 heterocycles. The van der Waals surface area contributed by atoms with E-state index >= 15 is 0 Å². The highest BCUT2D eigenvalue weighted by Gasteiger charge is 2.10. The number of rotatable bonds is 2. The summed E-state index contributed by atoms with van der Waals surface area (Å²) in [5, 5.41) is 0. The molecule has 0 fully saturated rings. The van der Waals surface area contributed by atoms with Crippen molar-refractivity contribution in [2.24, 2.45) is 0 Å². The summed E-state index contributed by atoms with van der Waals surface area (Å²) in [6.45, 7) is 7.64. The van der Waals surface area contributed by atoms with Gasteiger partial charge in [-0.25, -0.2) is 9.97 Å². The maximum atomic E-state index is 5.41. The Bertz CT molecular complexity index is 473. The molecule has 0 bridgehead atoms. The molecule has 0 aliphatic carbocycles. The molecule has 2 rings (SSSR count). The summed E-state index contributed by atoms with van der Waals surface area (Å²) in [6, 6.07) is 0. The lowest BCUT2D eigenvalue weighted by Gasteiger charge is -1.92. The van der Waals surface area contributed by atoms with Crippen molar-refractivity contribution in [3.8, 4) is 0 Å². The van der Waals surface area contributed by atoms with Crippen LogP contribution in [0.2, 0.25) is 0 Å². The first-order chi connectivity index (χ1) is 6.70. The lowest BCUT2D eigenvalue weighted by molar-refractivity contribution is 0.494. The quantitative estimate of drug-likeness (QED) is 0.727. The Morgan fingerprint density at radius 1 is 1.43 bits per heavy atom. The standard InChI is InChI=1S/C10H11N3O/c1-4-7-5-11-10-8(12-7)13-9(14-10)6(2)3/h4-6H,1H2,2-3H3. The highest BCUT2D eigenvalue weighted by Crippen LogP contribution is 2.18. The molecule has 2 aromatic rings. The van der Waals surface area contributed by atoms with Gasteiger partial charge in [-0.15, -0.1) is 0 Å². The van der Waals surface area contributed by atoms with E-state index in [1.54, 1.807) is 12.3 Å². The fraction of sp³-hybridized carbons (Fsp3) is 0.300. The van der Waals surface area contributed by atoms with Gasteiger partial charge in [0.15, 0.2) is 0 Å². The van der Waals surface area contributed by atoms with Gasteiger partial charge in [0.1, 0.15) is 0 Å². The highest BCUT2D eigenvalue weighted by atomic mass is 16.4. The summed E-state index contributed by atoms with van der Waals surface area (Å²) in [5.41, 5.74) is 1.74. The van der Waals surface area contributed by atoms with Gasteiger partial charge in [-0.1, -0.05) is 20.4 Å². The Morgan fingerprint density at radius 3 is 2.86 bits per heavy atom. The van der Waals surface area contributed by atoms with E-state index < -0.39 is 0 Å². The van der Waals surface area contributed by atoms with Crippen LogP contribution in [0.25, 0.3) is 17.4 Å². The lowest BCUT2D eigenvalue weighted by atomic mass is 10.2. The van der Waals surface area contributed by atoms with Gasteiger partial charge in [-0.2, -0.15) is 4.98 Å². The Hall–Kier alpha value is -1.71. The van der Waals surface area contributed by atoms with Crippen LogP contribution in [0.1, 0.15) is 31.4 Å². The average molecular weight is 189 g/mol. The first kappa shape index (κ1) is 8.87. The second-order valence-corrected chi connectivity index (χ2v) is 3.33. The average Bonchev–Trinajstić information content (AvgIpc) is 2.59. The van der Waals surface area contributed by atoms with E-state index in [1.165, 1.54) is 0 Å². The summed E-state index contributed by atoms with van der Waals surface area (Å²) in [5.74, 6) is 0.916. The van der Waals surface area contributed by atoms with Crippen molar-refractivity contribution in [2.45, 2.75) is 19.8 Å². The van der Waals surface area contributed by atoms with Gasteiger partial charge < -0.3 is 4.42 Å². The molecule has 0 aromatic carbocycles. The Morgan fingerprint density at radius 2 is 2.21 bits per heavy atom. The van der Waals surface area contributed by atoms with Gasteiger partial charge in [0.25, 0.3) is 5.71 Å². The zero-order valence-corrected chi connectivity index (χ0v) is 8.19. The molecule has 0 saturated heterocycles. The van der Waals surface area contributed by atoms with Crippen LogP contribution < -0.4 is 0 Å². The van der Waals surface area contributed by atoms with Gasteiger partial charge >= 0.3 is 0 Å². The second-order valence-electron chi connectivity index (χ2n) is 3.33. The summed E-state index contributed by atoms with van der Waals surface area (Å²) >= 11 is 0. The molecule has 0 amide bonds. The first-order valence-electron chi connectivity index (χ1n) is 4.46. The number of oxazole rings is 1. The third kappa shape index (κ3) is 1.39. The van der Waals surface area contributed by atoms with Gasteiger partial charge in [0.2, 0.25) is 11.5 Å². The van der Waals surface area contributed by atoms with Crippen LogP contribution in [0.3, 0.4) is 0 Å². The fourth-order valence-electron chi connectivity index (χ4n) is 1.10. The van der Waals surface area contributed by atoms with Crippen LogP contribution in [0.4, 0.5) is 0 Å². The maximum Gasteiger partial charge on any atom is 0.266 e. The molecular formula is C10H11N3O. The molecule has 4 heteroatoms. The second kappa shape index (κ2) is 3.21. The minimum Gasteiger partial charge on any atom is -0.421 e. The van der Waals surface area contributed by atoms with Crippen molar-refractivity contribution >= 4 is 17.4 Å². The van der Waals surface area contributed by atoms with E-state index in [-0.39, 0.29) is 5.92 Å². The summed E-state index contributed by atoms with van der Waals surface area (Å²) < 4.78 is 5.41. The van der Waals surface area contributed by atoms with Crippen molar-refractivity contribution in [1.82, 2.24) is 15.0 Å². The van der Waals surface area contributed by atoms with Crippen LogP contribution in [0.5, 0.6) is 0 Å². The fourth-order valence-corrected chi connectivity index (χ4v) is 1.10.